The molecule has 0 aliphatic heterocycles. The summed E-state index contributed by atoms with van der Waals surface area (Å²) < 4.78 is 9.43. The van der Waals surface area contributed by atoms with Crippen LogP contribution >= 0.6 is 11.5 Å². The molecule has 0 saturated carbocycles. The average Bonchev–Trinajstić information content (AvgIpc) is 2.66. The van der Waals surface area contributed by atoms with Gasteiger partial charge in [0.15, 0.2) is 0 Å². The normalized spacial score (nSPS) is 10.4. The Morgan fingerprint density at radius 1 is 1.38 bits per heavy atom. The van der Waals surface area contributed by atoms with E-state index in [2.05, 4.69) is 15.7 Å². The zero-order valence-electron chi connectivity index (χ0n) is 9.23. The maximum Gasteiger partial charge on any atom is 0.136 e. The van der Waals surface area contributed by atoms with Gasteiger partial charge >= 0.3 is 0 Å². The molecule has 0 spiro atoms. The minimum absolute atomic E-state index is 0.368. The van der Waals surface area contributed by atoms with Crippen molar-refractivity contribution in [3.05, 3.63) is 35.0 Å². The number of hydrogen-bond donors (Lipinski definition) is 1. The third kappa shape index (κ3) is 2.30. The van der Waals surface area contributed by atoms with Crippen LogP contribution in [-0.4, -0.2) is 9.59 Å². The summed E-state index contributed by atoms with van der Waals surface area (Å²) in [6.45, 7) is 4.41. The van der Waals surface area contributed by atoms with Crippen LogP contribution in [0.5, 0.6) is 5.75 Å². The summed E-state index contributed by atoms with van der Waals surface area (Å²) in [6.07, 6.45) is 0. The van der Waals surface area contributed by atoms with E-state index in [1.165, 1.54) is 17.1 Å². The predicted molar refractivity (Wildman–Crippen MR) is 64.6 cm³/mol. The lowest BCUT2D eigenvalue weighted by Crippen LogP contribution is -2.00. The quantitative estimate of drug-likeness (QED) is 0.886. The van der Waals surface area contributed by atoms with Crippen LogP contribution in [0.15, 0.2) is 18.2 Å². The Morgan fingerprint density at radius 3 is 2.88 bits per heavy atom. The molecule has 4 nitrogen and oxygen atoms in total. The first kappa shape index (κ1) is 10.9. The SMILES string of the molecule is Cc1ccc(C)c(OCc2nnsc2N)c1. The summed E-state index contributed by atoms with van der Waals surface area (Å²) in [7, 11) is 0. The van der Waals surface area contributed by atoms with Crippen LogP contribution in [0.4, 0.5) is 5.00 Å². The lowest BCUT2D eigenvalue weighted by Gasteiger charge is -2.08. The second-order valence-electron chi connectivity index (χ2n) is 3.64. The van der Waals surface area contributed by atoms with Crippen molar-refractivity contribution < 1.29 is 4.74 Å². The van der Waals surface area contributed by atoms with E-state index in [-0.39, 0.29) is 0 Å². The van der Waals surface area contributed by atoms with Crippen molar-refractivity contribution in [3.8, 4) is 5.75 Å². The van der Waals surface area contributed by atoms with Gasteiger partial charge in [-0.2, -0.15) is 0 Å². The summed E-state index contributed by atoms with van der Waals surface area (Å²) in [5, 5.41) is 4.52. The number of ether oxygens (including phenoxy) is 1. The first-order valence-electron chi connectivity index (χ1n) is 4.93. The van der Waals surface area contributed by atoms with Gasteiger partial charge in [-0.3, -0.25) is 0 Å². The largest absolute Gasteiger partial charge is 0.487 e. The Bertz CT molecular complexity index is 496. The molecular weight excluding hydrogens is 222 g/mol. The molecule has 0 saturated heterocycles. The minimum Gasteiger partial charge on any atom is -0.487 e. The summed E-state index contributed by atoms with van der Waals surface area (Å²) in [5.74, 6) is 0.868. The van der Waals surface area contributed by atoms with Crippen LogP contribution in [0.2, 0.25) is 0 Å². The van der Waals surface area contributed by atoms with Crippen LogP contribution < -0.4 is 10.5 Å². The number of aromatic nitrogens is 2. The Kier molecular flexibility index (Phi) is 3.05. The number of aryl methyl sites for hydroxylation is 2. The fourth-order valence-corrected chi connectivity index (χ4v) is 1.76. The monoisotopic (exact) mass is 235 g/mol. The maximum absolute atomic E-state index is 5.69. The molecule has 0 aliphatic carbocycles. The van der Waals surface area contributed by atoms with Crippen LogP contribution in [0.25, 0.3) is 0 Å². The van der Waals surface area contributed by atoms with Crippen molar-refractivity contribution in [1.82, 2.24) is 9.59 Å². The molecular formula is C11H13N3OS. The lowest BCUT2D eigenvalue weighted by atomic mass is 10.1. The molecule has 2 rings (SSSR count). The first-order valence-corrected chi connectivity index (χ1v) is 5.71. The number of anilines is 1. The predicted octanol–water partition coefficient (Wildman–Crippen LogP) is 2.32. The smallest absolute Gasteiger partial charge is 0.136 e. The number of benzene rings is 1. The van der Waals surface area contributed by atoms with Gasteiger partial charge in [0.25, 0.3) is 0 Å². The third-order valence-corrected chi connectivity index (χ3v) is 2.89. The zero-order valence-corrected chi connectivity index (χ0v) is 10.0. The number of hydrogen-bond acceptors (Lipinski definition) is 5. The first-order chi connectivity index (χ1) is 7.66. The Hall–Kier alpha value is -1.62. The summed E-state index contributed by atoms with van der Waals surface area (Å²) in [5.41, 5.74) is 8.66. The molecule has 16 heavy (non-hydrogen) atoms. The molecule has 0 bridgehead atoms. The topological polar surface area (TPSA) is 61.0 Å². The molecule has 0 amide bonds. The van der Waals surface area contributed by atoms with Crippen LogP contribution in [0.1, 0.15) is 16.8 Å². The number of nitrogen functional groups attached to an aromatic ring is 1. The molecule has 1 aromatic heterocycles. The maximum atomic E-state index is 5.69. The van der Waals surface area contributed by atoms with Crippen molar-refractivity contribution in [2.75, 3.05) is 5.73 Å². The van der Waals surface area contributed by atoms with Gasteiger partial charge in [-0.15, -0.1) is 5.10 Å². The van der Waals surface area contributed by atoms with E-state index in [0.29, 0.717) is 17.3 Å². The van der Waals surface area contributed by atoms with E-state index in [1.807, 2.05) is 26.0 Å². The second kappa shape index (κ2) is 4.49. The van der Waals surface area contributed by atoms with E-state index < -0.39 is 0 Å². The van der Waals surface area contributed by atoms with Crippen LogP contribution in [-0.2, 0) is 6.61 Å². The van der Waals surface area contributed by atoms with E-state index in [1.54, 1.807) is 0 Å². The number of nitrogens with two attached hydrogens (primary N) is 1. The van der Waals surface area contributed by atoms with Gasteiger partial charge < -0.3 is 10.5 Å². The highest BCUT2D eigenvalue weighted by atomic mass is 32.1. The number of nitrogens with zero attached hydrogens (tertiary/aromatic N) is 2. The number of rotatable bonds is 3. The molecule has 1 aromatic carbocycles. The second-order valence-corrected chi connectivity index (χ2v) is 4.43. The highest BCUT2D eigenvalue weighted by Gasteiger charge is 2.06. The summed E-state index contributed by atoms with van der Waals surface area (Å²) >= 11 is 1.18. The highest BCUT2D eigenvalue weighted by Crippen LogP contribution is 2.21. The fourth-order valence-electron chi connectivity index (χ4n) is 1.32. The van der Waals surface area contributed by atoms with Gasteiger partial charge in [0.2, 0.25) is 0 Å². The Labute approximate surface area is 98.2 Å². The summed E-state index contributed by atoms with van der Waals surface area (Å²) in [6, 6.07) is 6.10. The van der Waals surface area contributed by atoms with Gasteiger partial charge in [0.05, 0.1) is 0 Å². The van der Waals surface area contributed by atoms with Gasteiger partial charge in [-0.1, -0.05) is 16.6 Å². The van der Waals surface area contributed by atoms with Gasteiger partial charge in [0.1, 0.15) is 23.1 Å². The molecule has 5 heteroatoms. The van der Waals surface area contributed by atoms with Gasteiger partial charge in [-0.25, -0.2) is 0 Å². The molecule has 2 N–H and O–H groups in total. The average molecular weight is 235 g/mol. The standard InChI is InChI=1S/C11H13N3OS/c1-7-3-4-8(2)10(5-7)15-6-9-11(12)16-14-13-9/h3-5H,6,12H2,1-2H3. The van der Waals surface area contributed by atoms with E-state index >= 15 is 0 Å². The van der Waals surface area contributed by atoms with Crippen molar-refractivity contribution in [2.45, 2.75) is 20.5 Å². The highest BCUT2D eigenvalue weighted by molar-refractivity contribution is 7.09. The van der Waals surface area contributed by atoms with E-state index in [0.717, 1.165) is 11.3 Å². The van der Waals surface area contributed by atoms with Gasteiger partial charge in [0, 0.05) is 11.5 Å². The molecule has 0 fully saturated rings. The van der Waals surface area contributed by atoms with Crippen molar-refractivity contribution in [2.24, 2.45) is 0 Å². The van der Waals surface area contributed by atoms with E-state index in [4.69, 9.17) is 10.5 Å². The molecule has 84 valence electrons. The van der Waals surface area contributed by atoms with Crippen molar-refractivity contribution in [3.63, 3.8) is 0 Å². The van der Waals surface area contributed by atoms with Crippen LogP contribution in [0, 0.1) is 13.8 Å². The molecule has 1 heterocycles. The molecule has 0 radical (unpaired) electrons. The molecule has 0 atom stereocenters. The fraction of sp³-hybridized carbons (Fsp3) is 0.273. The molecule has 0 aliphatic rings. The zero-order chi connectivity index (χ0) is 11.5. The Balaban J connectivity index is 2.10. The molecule has 0 unspecified atom stereocenters. The van der Waals surface area contributed by atoms with E-state index in [9.17, 15) is 0 Å². The minimum atomic E-state index is 0.368. The van der Waals surface area contributed by atoms with Crippen molar-refractivity contribution >= 4 is 16.5 Å². The Morgan fingerprint density at radius 2 is 2.19 bits per heavy atom. The molecule has 2 aromatic rings. The lowest BCUT2D eigenvalue weighted by molar-refractivity contribution is 0.299. The van der Waals surface area contributed by atoms with Gasteiger partial charge in [-0.05, 0) is 31.0 Å². The third-order valence-electron chi connectivity index (χ3n) is 2.29. The van der Waals surface area contributed by atoms with Crippen molar-refractivity contribution in [1.29, 1.82) is 0 Å². The van der Waals surface area contributed by atoms with Crippen LogP contribution in [0.3, 0.4) is 0 Å². The summed E-state index contributed by atoms with van der Waals surface area (Å²) in [4.78, 5) is 0.